The van der Waals surface area contributed by atoms with Crippen LogP contribution in [0.3, 0.4) is 0 Å². The first-order chi connectivity index (χ1) is 18.9. The summed E-state index contributed by atoms with van der Waals surface area (Å²) in [5.41, 5.74) is 1.16. The summed E-state index contributed by atoms with van der Waals surface area (Å²) in [6.07, 6.45) is 0.0281. The normalized spacial score (nSPS) is 12.7. The summed E-state index contributed by atoms with van der Waals surface area (Å²) in [7, 11) is 1.54. The molecule has 0 saturated carbocycles. The van der Waals surface area contributed by atoms with E-state index >= 15 is 0 Å². The molecule has 0 saturated heterocycles. The lowest BCUT2D eigenvalue weighted by Crippen LogP contribution is -2.42. The molecule has 0 radical (unpaired) electrons. The average Bonchev–Trinajstić information content (AvgIpc) is 3.33. The second-order valence-corrected chi connectivity index (χ2v) is 10.2. The smallest absolute Gasteiger partial charge is 0.410 e. The maximum atomic E-state index is 13.7. The van der Waals surface area contributed by atoms with Crippen molar-refractivity contribution in [2.24, 2.45) is 0 Å². The van der Waals surface area contributed by atoms with Crippen LogP contribution < -0.4 is 21.3 Å². The van der Waals surface area contributed by atoms with Gasteiger partial charge in [0.2, 0.25) is 5.91 Å². The molecule has 1 aliphatic rings. The van der Waals surface area contributed by atoms with Crippen molar-refractivity contribution in [3.63, 3.8) is 0 Å². The van der Waals surface area contributed by atoms with Gasteiger partial charge in [-0.05, 0) is 36.6 Å². The summed E-state index contributed by atoms with van der Waals surface area (Å²) in [6.45, 7) is 2.47. The Labute approximate surface area is 228 Å². The van der Waals surface area contributed by atoms with Crippen molar-refractivity contribution >= 4 is 39.2 Å². The molecular weight excluding hydrogens is 520 g/mol. The van der Waals surface area contributed by atoms with Crippen molar-refractivity contribution in [1.82, 2.24) is 14.0 Å². The van der Waals surface area contributed by atoms with E-state index < -0.39 is 23.2 Å². The van der Waals surface area contributed by atoms with E-state index in [1.807, 2.05) is 30.3 Å². The van der Waals surface area contributed by atoms with Crippen LogP contribution in [0, 0.1) is 0 Å². The van der Waals surface area contributed by atoms with Crippen molar-refractivity contribution in [2.45, 2.75) is 33.0 Å². The Morgan fingerprint density at radius 3 is 2.59 bits per heavy atom. The third-order valence-electron chi connectivity index (χ3n) is 6.57. The third-order valence-corrected chi connectivity index (χ3v) is 7.81. The molecule has 0 atom stereocenters. The van der Waals surface area contributed by atoms with E-state index in [1.54, 1.807) is 36.1 Å². The van der Waals surface area contributed by atoms with Crippen LogP contribution in [-0.4, -0.2) is 46.3 Å². The summed E-state index contributed by atoms with van der Waals surface area (Å²) in [5.74, 6) is 0.164. The van der Waals surface area contributed by atoms with Gasteiger partial charge in [0.05, 0.1) is 32.2 Å². The van der Waals surface area contributed by atoms with Crippen molar-refractivity contribution in [1.29, 1.82) is 0 Å². The number of thiophene rings is 1. The van der Waals surface area contributed by atoms with E-state index in [2.05, 4.69) is 5.32 Å². The Morgan fingerprint density at radius 1 is 1.05 bits per heavy atom. The van der Waals surface area contributed by atoms with E-state index in [9.17, 15) is 19.2 Å². The van der Waals surface area contributed by atoms with Crippen LogP contribution in [0.4, 0.5) is 10.5 Å². The third kappa shape index (κ3) is 5.30. The van der Waals surface area contributed by atoms with Gasteiger partial charge in [0.25, 0.3) is 5.56 Å². The molecule has 4 aromatic rings. The van der Waals surface area contributed by atoms with Crippen LogP contribution in [0.5, 0.6) is 5.75 Å². The molecule has 5 rings (SSSR count). The number of carbonyl (C=O) groups excluding carboxylic acids is 2. The van der Waals surface area contributed by atoms with Crippen LogP contribution in [0.15, 0.2) is 64.2 Å². The van der Waals surface area contributed by atoms with Crippen molar-refractivity contribution in [3.8, 4) is 5.75 Å². The fourth-order valence-electron chi connectivity index (χ4n) is 4.71. The molecule has 0 aliphatic carbocycles. The van der Waals surface area contributed by atoms with Gasteiger partial charge in [-0.15, -0.1) is 11.3 Å². The Bertz CT molecular complexity index is 1660. The van der Waals surface area contributed by atoms with Gasteiger partial charge in [0.1, 0.15) is 17.1 Å². The summed E-state index contributed by atoms with van der Waals surface area (Å²) >= 11 is 1.26. The Kier molecular flexibility index (Phi) is 7.51. The molecule has 0 bridgehead atoms. The molecule has 2 aromatic carbocycles. The lowest BCUT2D eigenvalue weighted by Gasteiger charge is -2.25. The molecule has 1 aliphatic heterocycles. The van der Waals surface area contributed by atoms with Gasteiger partial charge < -0.3 is 19.7 Å². The predicted molar refractivity (Wildman–Crippen MR) is 149 cm³/mol. The van der Waals surface area contributed by atoms with Crippen molar-refractivity contribution in [3.05, 3.63) is 91.4 Å². The highest BCUT2D eigenvalue weighted by Crippen LogP contribution is 2.33. The number of aromatic nitrogens is 2. The van der Waals surface area contributed by atoms with Crippen LogP contribution in [-0.2, 0) is 35.6 Å². The SMILES string of the molecule is CCOC(=O)N1CCc2c(sc3c2c(=O)n(Cc2ccccc2)c(=O)n3CC(=O)Nc2cccc(OC)c2)C1. The van der Waals surface area contributed by atoms with Gasteiger partial charge in [-0.25, -0.2) is 9.59 Å². The summed E-state index contributed by atoms with van der Waals surface area (Å²) < 4.78 is 12.9. The number of rotatable bonds is 7. The Balaban J connectivity index is 1.58. The number of hydrogen-bond acceptors (Lipinski definition) is 7. The minimum absolute atomic E-state index is 0.0749. The molecule has 39 heavy (non-hydrogen) atoms. The fraction of sp³-hybridized carbons (Fsp3) is 0.286. The van der Waals surface area contributed by atoms with E-state index in [-0.39, 0.29) is 26.2 Å². The summed E-state index contributed by atoms with van der Waals surface area (Å²) in [4.78, 5) is 55.8. The van der Waals surface area contributed by atoms with Gasteiger partial charge in [0.15, 0.2) is 0 Å². The topological polar surface area (TPSA) is 112 Å². The first kappa shape index (κ1) is 26.2. The highest BCUT2D eigenvalue weighted by atomic mass is 32.1. The van der Waals surface area contributed by atoms with Crippen molar-refractivity contribution < 1.29 is 19.1 Å². The molecule has 10 nitrogen and oxygen atoms in total. The lowest BCUT2D eigenvalue weighted by molar-refractivity contribution is -0.116. The highest BCUT2D eigenvalue weighted by Gasteiger charge is 2.29. The largest absolute Gasteiger partial charge is 0.497 e. The van der Waals surface area contributed by atoms with Gasteiger partial charge in [-0.1, -0.05) is 36.4 Å². The fourth-order valence-corrected chi connectivity index (χ4v) is 6.06. The minimum atomic E-state index is -0.571. The van der Waals surface area contributed by atoms with Gasteiger partial charge in [-0.2, -0.15) is 0 Å². The minimum Gasteiger partial charge on any atom is -0.497 e. The summed E-state index contributed by atoms with van der Waals surface area (Å²) in [5, 5.41) is 3.23. The number of nitrogens with one attached hydrogen (secondary N) is 1. The van der Waals surface area contributed by atoms with Gasteiger partial charge >= 0.3 is 11.8 Å². The maximum Gasteiger partial charge on any atom is 0.410 e. The van der Waals surface area contributed by atoms with Crippen LogP contribution >= 0.6 is 11.3 Å². The number of hydrogen-bond donors (Lipinski definition) is 1. The van der Waals surface area contributed by atoms with Crippen LogP contribution in [0.25, 0.3) is 10.2 Å². The number of amides is 2. The van der Waals surface area contributed by atoms with E-state index in [1.165, 1.54) is 27.6 Å². The molecule has 11 heteroatoms. The number of benzene rings is 2. The maximum absolute atomic E-state index is 13.7. The summed E-state index contributed by atoms with van der Waals surface area (Å²) in [6, 6.07) is 16.2. The quantitative estimate of drug-likeness (QED) is 0.379. The first-order valence-corrected chi connectivity index (χ1v) is 13.4. The zero-order valence-electron chi connectivity index (χ0n) is 21.6. The molecule has 0 fully saturated rings. The number of carbonyl (C=O) groups is 2. The molecule has 2 amide bonds. The number of ether oxygens (including phenoxy) is 2. The van der Waals surface area contributed by atoms with Gasteiger partial charge in [-0.3, -0.25) is 18.7 Å². The van der Waals surface area contributed by atoms with E-state index in [4.69, 9.17) is 9.47 Å². The highest BCUT2D eigenvalue weighted by molar-refractivity contribution is 7.18. The molecule has 3 heterocycles. The molecular formula is C28H28N4O6S. The second-order valence-electron chi connectivity index (χ2n) is 9.08. The Hall–Kier alpha value is -4.38. The van der Waals surface area contributed by atoms with E-state index in [0.717, 1.165) is 16.0 Å². The molecule has 1 N–H and O–H groups in total. The number of fused-ring (bicyclic) bond motifs is 3. The van der Waals surface area contributed by atoms with Gasteiger partial charge in [0, 0.05) is 23.2 Å². The number of methoxy groups -OCH3 is 1. The molecule has 202 valence electrons. The second kappa shape index (κ2) is 11.2. The van der Waals surface area contributed by atoms with Crippen LogP contribution in [0.1, 0.15) is 22.9 Å². The lowest BCUT2D eigenvalue weighted by atomic mass is 10.1. The number of anilines is 1. The molecule has 0 unspecified atom stereocenters. The average molecular weight is 549 g/mol. The van der Waals surface area contributed by atoms with Crippen molar-refractivity contribution in [2.75, 3.05) is 25.6 Å². The molecule has 2 aromatic heterocycles. The zero-order valence-corrected chi connectivity index (χ0v) is 22.5. The first-order valence-electron chi connectivity index (χ1n) is 12.6. The van der Waals surface area contributed by atoms with E-state index in [0.29, 0.717) is 34.6 Å². The Morgan fingerprint density at radius 2 is 1.85 bits per heavy atom. The zero-order chi connectivity index (χ0) is 27.5. The molecule has 0 spiro atoms. The van der Waals surface area contributed by atoms with Crippen LogP contribution in [0.2, 0.25) is 0 Å². The predicted octanol–water partition coefficient (Wildman–Crippen LogP) is 3.43. The standard InChI is InChI=1S/C28H28N4O6S/c1-3-38-28(36)30-13-12-21-22(16-30)39-26-24(21)25(34)31(15-18-8-5-4-6-9-18)27(35)32(26)17-23(33)29-19-10-7-11-20(14-19)37-2/h4-11,14H,3,12-13,15-17H2,1-2H3,(H,29,33). The monoisotopic (exact) mass is 548 g/mol. The number of nitrogens with zero attached hydrogens (tertiary/aromatic N) is 3.